The number of methoxy groups -OCH3 is 2. The first-order chi connectivity index (χ1) is 22.9. The number of halogens is 1. The Morgan fingerprint density at radius 3 is 2.48 bits per heavy atom. The van der Waals surface area contributed by atoms with Crippen LogP contribution in [0.25, 0.3) is 10.9 Å². The van der Waals surface area contributed by atoms with E-state index in [0.717, 1.165) is 35.9 Å². The maximum Gasteiger partial charge on any atom is 0.410 e. The number of ether oxygens (including phenoxy) is 4. The van der Waals surface area contributed by atoms with Crippen molar-refractivity contribution in [3.63, 3.8) is 0 Å². The van der Waals surface area contributed by atoms with Crippen molar-refractivity contribution in [3.05, 3.63) is 53.3 Å². The highest BCUT2D eigenvalue weighted by atomic mass is 19.1. The third-order valence-corrected chi connectivity index (χ3v) is 9.56. The van der Waals surface area contributed by atoms with Crippen LogP contribution in [0.5, 0.6) is 11.5 Å². The normalized spacial score (nSPS) is 20.4. The van der Waals surface area contributed by atoms with Crippen LogP contribution in [-0.4, -0.2) is 93.2 Å². The summed E-state index contributed by atoms with van der Waals surface area (Å²) in [6.45, 7) is 11.5. The number of likely N-dealkylation sites (tertiary alicyclic amines) is 1. The maximum atomic E-state index is 14.7. The zero-order valence-corrected chi connectivity index (χ0v) is 28.7. The monoisotopic (exact) mass is 663 g/mol. The minimum Gasteiger partial charge on any atom is -0.497 e. The molecule has 1 N–H and O–H groups in total. The fourth-order valence-electron chi connectivity index (χ4n) is 7.19. The molecular weight excluding hydrogens is 617 g/mol. The molecular formula is C36H46FN5O6. The predicted octanol–water partition coefficient (Wildman–Crippen LogP) is 5.70. The number of aromatic nitrogens is 1. The van der Waals surface area contributed by atoms with Crippen LogP contribution in [0.3, 0.4) is 0 Å². The van der Waals surface area contributed by atoms with Gasteiger partial charge in [0, 0.05) is 38.1 Å². The molecule has 0 saturated carbocycles. The molecule has 12 heteroatoms. The summed E-state index contributed by atoms with van der Waals surface area (Å²) >= 11 is 0. The van der Waals surface area contributed by atoms with Crippen molar-refractivity contribution < 1.29 is 32.9 Å². The molecule has 2 amide bonds. The van der Waals surface area contributed by atoms with E-state index < -0.39 is 23.0 Å². The topological polar surface area (TPSA) is 106 Å². The van der Waals surface area contributed by atoms with Gasteiger partial charge in [-0.05, 0) is 82.9 Å². The Bertz CT molecular complexity index is 1690. The molecule has 3 fully saturated rings. The summed E-state index contributed by atoms with van der Waals surface area (Å²) in [6, 6.07) is 9.84. The average Bonchev–Trinajstić information content (AvgIpc) is 3.69. The largest absolute Gasteiger partial charge is 0.497 e. The molecule has 11 nitrogen and oxygen atoms in total. The van der Waals surface area contributed by atoms with Gasteiger partial charge in [-0.2, -0.15) is 0 Å². The molecule has 4 heterocycles. The van der Waals surface area contributed by atoms with Gasteiger partial charge in [0.15, 0.2) is 11.6 Å². The second kappa shape index (κ2) is 13.3. The summed E-state index contributed by atoms with van der Waals surface area (Å²) in [4.78, 5) is 39.5. The lowest BCUT2D eigenvalue weighted by Crippen LogP contribution is -2.50. The molecule has 1 spiro atoms. The number of carbonyl (C=O) groups is 2. The third kappa shape index (κ3) is 6.54. The lowest BCUT2D eigenvalue weighted by atomic mass is 9.95. The summed E-state index contributed by atoms with van der Waals surface area (Å²) < 4.78 is 36.6. The van der Waals surface area contributed by atoms with Crippen LogP contribution in [0.15, 0.2) is 36.4 Å². The zero-order chi connectivity index (χ0) is 34.2. The van der Waals surface area contributed by atoms with E-state index in [1.807, 2.05) is 50.8 Å². The SMILES string of the molecule is COc1ccc2nc(N3CCOCC3)c(C(=O)N[C@@H](C)c3ccc(F)c(OC)c3)c(N3CCC4(CCCN4C(=O)OC(C)(C)C)C3)c2c1. The number of anilines is 2. The summed E-state index contributed by atoms with van der Waals surface area (Å²) in [5.74, 6) is 0.545. The van der Waals surface area contributed by atoms with Crippen LogP contribution in [0.1, 0.15) is 68.9 Å². The van der Waals surface area contributed by atoms with Crippen LogP contribution in [0.4, 0.5) is 20.7 Å². The van der Waals surface area contributed by atoms with E-state index in [4.69, 9.17) is 23.9 Å². The predicted molar refractivity (Wildman–Crippen MR) is 182 cm³/mol. The van der Waals surface area contributed by atoms with Crippen molar-refractivity contribution in [1.29, 1.82) is 0 Å². The average molecular weight is 664 g/mol. The van der Waals surface area contributed by atoms with E-state index in [2.05, 4.69) is 15.1 Å². The Morgan fingerprint density at radius 2 is 1.77 bits per heavy atom. The van der Waals surface area contributed by atoms with Crippen LogP contribution in [-0.2, 0) is 9.47 Å². The quantitative estimate of drug-likeness (QED) is 0.341. The van der Waals surface area contributed by atoms with Gasteiger partial charge in [0.2, 0.25) is 0 Å². The highest BCUT2D eigenvalue weighted by Gasteiger charge is 2.50. The Labute approximate surface area is 281 Å². The first-order valence-corrected chi connectivity index (χ1v) is 16.7. The van der Waals surface area contributed by atoms with Crippen molar-refractivity contribution in [2.45, 2.75) is 64.1 Å². The standard InChI is InChI=1S/C36H46FN5O6/c1-23(24-8-10-27(37)29(20-24)46-6)38-33(43)30-31(41-15-13-36(22-41)12-7-14-42(36)34(44)48-35(2,3)4)26-21-25(45-5)9-11-28(26)39-32(30)40-16-18-47-19-17-40/h8-11,20-21,23H,7,12-19,22H2,1-6H3,(H,38,43)/t23-,36?/m0/s1. The van der Waals surface area contributed by atoms with Gasteiger partial charge in [-0.25, -0.2) is 14.2 Å². The molecule has 1 unspecified atom stereocenters. The highest BCUT2D eigenvalue weighted by molar-refractivity contribution is 6.12. The molecule has 3 aliphatic heterocycles. The molecule has 0 aliphatic carbocycles. The van der Waals surface area contributed by atoms with Gasteiger partial charge in [-0.1, -0.05) is 6.07 Å². The van der Waals surface area contributed by atoms with E-state index in [-0.39, 0.29) is 17.7 Å². The fourth-order valence-corrected chi connectivity index (χ4v) is 7.19. The summed E-state index contributed by atoms with van der Waals surface area (Å²) in [5, 5.41) is 3.96. The van der Waals surface area contributed by atoms with Crippen molar-refractivity contribution in [2.75, 3.05) is 70.0 Å². The van der Waals surface area contributed by atoms with Gasteiger partial charge in [0.05, 0.1) is 50.2 Å². The van der Waals surface area contributed by atoms with E-state index in [1.54, 1.807) is 19.2 Å². The number of morpholine rings is 1. The Balaban J connectivity index is 1.46. The number of rotatable bonds is 7. The first-order valence-electron chi connectivity index (χ1n) is 16.7. The smallest absolute Gasteiger partial charge is 0.410 e. The number of hydrogen-bond acceptors (Lipinski definition) is 9. The van der Waals surface area contributed by atoms with Crippen molar-refractivity contribution in [3.8, 4) is 11.5 Å². The minimum absolute atomic E-state index is 0.108. The van der Waals surface area contributed by atoms with E-state index in [1.165, 1.54) is 13.2 Å². The van der Waals surface area contributed by atoms with Crippen molar-refractivity contribution in [2.24, 2.45) is 0 Å². The maximum absolute atomic E-state index is 14.7. The molecule has 48 heavy (non-hydrogen) atoms. The number of fused-ring (bicyclic) bond motifs is 1. The Morgan fingerprint density at radius 1 is 1.00 bits per heavy atom. The van der Waals surface area contributed by atoms with Crippen molar-refractivity contribution >= 4 is 34.4 Å². The molecule has 1 aromatic heterocycles. The summed E-state index contributed by atoms with van der Waals surface area (Å²) in [6.07, 6.45) is 2.15. The van der Waals surface area contributed by atoms with Gasteiger partial charge in [-0.15, -0.1) is 0 Å². The molecule has 3 saturated heterocycles. The van der Waals surface area contributed by atoms with E-state index >= 15 is 0 Å². The second-order valence-corrected chi connectivity index (χ2v) is 13.9. The minimum atomic E-state index is -0.611. The number of hydrogen-bond donors (Lipinski definition) is 1. The highest BCUT2D eigenvalue weighted by Crippen LogP contribution is 2.45. The zero-order valence-electron chi connectivity index (χ0n) is 28.7. The van der Waals surface area contributed by atoms with Crippen LogP contribution in [0.2, 0.25) is 0 Å². The Hall–Kier alpha value is -4.32. The van der Waals surface area contributed by atoms with Crippen LogP contribution in [0, 0.1) is 5.82 Å². The molecule has 0 radical (unpaired) electrons. The third-order valence-electron chi connectivity index (χ3n) is 9.56. The van der Waals surface area contributed by atoms with Crippen molar-refractivity contribution in [1.82, 2.24) is 15.2 Å². The van der Waals surface area contributed by atoms with Gasteiger partial charge in [0.1, 0.15) is 22.7 Å². The van der Waals surface area contributed by atoms with Crippen LogP contribution >= 0.6 is 0 Å². The number of benzene rings is 2. The van der Waals surface area contributed by atoms with Gasteiger partial charge >= 0.3 is 6.09 Å². The number of amides is 2. The first kappa shape index (κ1) is 33.6. The number of nitrogens with zero attached hydrogens (tertiary/aromatic N) is 4. The fraction of sp³-hybridized carbons (Fsp3) is 0.528. The van der Waals surface area contributed by atoms with Gasteiger partial charge < -0.3 is 39.0 Å². The molecule has 3 aliphatic rings. The number of pyridine rings is 1. The summed E-state index contributed by atoms with van der Waals surface area (Å²) in [7, 11) is 3.03. The molecule has 2 aromatic carbocycles. The van der Waals surface area contributed by atoms with Gasteiger partial charge in [0.25, 0.3) is 5.91 Å². The Kier molecular flexibility index (Phi) is 9.30. The second-order valence-electron chi connectivity index (χ2n) is 13.9. The molecule has 258 valence electrons. The molecule has 3 aromatic rings. The summed E-state index contributed by atoms with van der Waals surface area (Å²) in [5.41, 5.74) is 1.58. The van der Waals surface area contributed by atoms with Gasteiger partial charge in [-0.3, -0.25) is 4.79 Å². The number of nitrogens with one attached hydrogen (secondary N) is 1. The lowest BCUT2D eigenvalue weighted by molar-refractivity contribution is 0.0111. The lowest BCUT2D eigenvalue weighted by Gasteiger charge is -2.37. The van der Waals surface area contributed by atoms with Crippen LogP contribution < -0.4 is 24.6 Å². The molecule has 0 bridgehead atoms. The van der Waals surface area contributed by atoms with E-state index in [0.29, 0.717) is 68.6 Å². The van der Waals surface area contributed by atoms with E-state index in [9.17, 15) is 14.0 Å². The number of carbonyl (C=O) groups excluding carboxylic acids is 2. The molecule has 2 atom stereocenters. The molecule has 6 rings (SSSR count).